The minimum atomic E-state index is 0.289. The summed E-state index contributed by atoms with van der Waals surface area (Å²) in [7, 11) is 0. The first-order valence-electron chi connectivity index (χ1n) is 11.2. The Hall–Kier alpha value is -1.69. The van der Waals surface area contributed by atoms with E-state index in [-0.39, 0.29) is 5.91 Å². The Balaban J connectivity index is 1.65. The Morgan fingerprint density at radius 1 is 1.14 bits per heavy atom. The zero-order valence-electron chi connectivity index (χ0n) is 18.5. The van der Waals surface area contributed by atoms with Crippen LogP contribution in [0.4, 0.5) is 5.82 Å². The van der Waals surface area contributed by atoms with E-state index < -0.39 is 0 Å². The zero-order valence-corrected chi connectivity index (χ0v) is 19.3. The van der Waals surface area contributed by atoms with Gasteiger partial charge in [-0.15, -0.1) is 11.3 Å². The van der Waals surface area contributed by atoms with Crippen LogP contribution in [-0.2, 0) is 17.6 Å². The van der Waals surface area contributed by atoms with Crippen molar-refractivity contribution in [1.82, 2.24) is 14.9 Å². The largest absolute Gasteiger partial charge is 0.352 e. The predicted octanol–water partition coefficient (Wildman–Crippen LogP) is 4.63. The Morgan fingerprint density at radius 3 is 2.52 bits per heavy atom. The lowest BCUT2D eigenvalue weighted by molar-refractivity contribution is -0.132. The van der Waals surface area contributed by atoms with E-state index in [2.05, 4.69) is 39.5 Å². The van der Waals surface area contributed by atoms with Gasteiger partial charge in [-0.1, -0.05) is 34.6 Å². The van der Waals surface area contributed by atoms with Crippen LogP contribution in [0.25, 0.3) is 10.2 Å². The molecule has 0 saturated carbocycles. The molecule has 5 nitrogen and oxygen atoms in total. The number of anilines is 1. The molecule has 0 bridgehead atoms. The Kier molecular flexibility index (Phi) is 5.83. The van der Waals surface area contributed by atoms with Crippen LogP contribution in [-0.4, -0.2) is 47.0 Å². The van der Waals surface area contributed by atoms with Crippen molar-refractivity contribution in [2.24, 2.45) is 11.8 Å². The van der Waals surface area contributed by atoms with Crippen molar-refractivity contribution in [3.05, 3.63) is 16.3 Å². The smallest absolute Gasteiger partial charge is 0.222 e. The van der Waals surface area contributed by atoms with E-state index in [1.165, 1.54) is 28.7 Å². The van der Waals surface area contributed by atoms with Crippen molar-refractivity contribution >= 4 is 33.3 Å². The van der Waals surface area contributed by atoms with E-state index in [0.717, 1.165) is 55.0 Å². The average Bonchev–Trinajstić information content (AvgIpc) is 3.04. The number of carbonyl (C=O) groups excluding carboxylic acids is 1. The first-order chi connectivity index (χ1) is 13.8. The third-order valence-corrected chi connectivity index (χ3v) is 7.33. The van der Waals surface area contributed by atoms with Gasteiger partial charge in [-0.05, 0) is 36.7 Å². The Morgan fingerprint density at radius 2 is 1.86 bits per heavy atom. The van der Waals surface area contributed by atoms with Gasteiger partial charge in [0.1, 0.15) is 16.5 Å². The number of hydrogen-bond acceptors (Lipinski definition) is 5. The molecule has 1 fully saturated rings. The number of rotatable bonds is 4. The molecule has 2 aromatic heterocycles. The van der Waals surface area contributed by atoms with Crippen molar-refractivity contribution in [2.45, 2.75) is 66.2 Å². The van der Waals surface area contributed by atoms with Gasteiger partial charge in [-0.2, -0.15) is 0 Å². The molecule has 0 spiro atoms. The molecule has 1 atom stereocenters. The molecule has 1 aliphatic heterocycles. The SMILES string of the molecule is CC(C)CC(=O)N1CCN(c2nc(C(C)C)nc3sc4c(c23)CCC(C)C4)CC1. The summed E-state index contributed by atoms with van der Waals surface area (Å²) in [5.41, 5.74) is 1.49. The van der Waals surface area contributed by atoms with Crippen LogP contribution in [0.15, 0.2) is 0 Å². The quantitative estimate of drug-likeness (QED) is 0.732. The highest BCUT2D eigenvalue weighted by Crippen LogP contribution is 2.41. The molecule has 3 heterocycles. The van der Waals surface area contributed by atoms with Crippen LogP contribution in [0.5, 0.6) is 0 Å². The topological polar surface area (TPSA) is 49.3 Å². The summed E-state index contributed by atoms with van der Waals surface area (Å²) in [4.78, 5) is 29.6. The number of aryl methyl sites for hydroxylation is 1. The number of nitrogens with zero attached hydrogens (tertiary/aromatic N) is 4. The van der Waals surface area contributed by atoms with E-state index >= 15 is 0 Å². The van der Waals surface area contributed by atoms with Crippen molar-refractivity contribution < 1.29 is 4.79 Å². The van der Waals surface area contributed by atoms with Gasteiger partial charge < -0.3 is 9.80 Å². The van der Waals surface area contributed by atoms with Gasteiger partial charge in [-0.25, -0.2) is 9.97 Å². The van der Waals surface area contributed by atoms with Crippen LogP contribution in [0.1, 0.15) is 69.6 Å². The molecule has 1 aliphatic carbocycles. The lowest BCUT2D eigenvalue weighted by Gasteiger charge is -2.36. The van der Waals surface area contributed by atoms with Crippen LogP contribution in [0.2, 0.25) is 0 Å². The van der Waals surface area contributed by atoms with Crippen LogP contribution in [0.3, 0.4) is 0 Å². The van der Waals surface area contributed by atoms with E-state index in [1.54, 1.807) is 0 Å². The molecule has 29 heavy (non-hydrogen) atoms. The molecule has 0 N–H and O–H groups in total. The van der Waals surface area contributed by atoms with Gasteiger partial charge in [0, 0.05) is 43.4 Å². The van der Waals surface area contributed by atoms with Gasteiger partial charge >= 0.3 is 0 Å². The molecule has 6 heteroatoms. The second-order valence-corrected chi connectivity index (χ2v) is 10.6. The van der Waals surface area contributed by atoms with Crippen LogP contribution >= 0.6 is 11.3 Å². The molecular weight excluding hydrogens is 380 g/mol. The predicted molar refractivity (Wildman–Crippen MR) is 121 cm³/mol. The van der Waals surface area contributed by atoms with Gasteiger partial charge in [0.05, 0.1) is 5.39 Å². The maximum absolute atomic E-state index is 12.5. The first-order valence-corrected chi connectivity index (χ1v) is 12.0. The molecule has 2 aliphatic rings. The summed E-state index contributed by atoms with van der Waals surface area (Å²) in [5.74, 6) is 3.82. The van der Waals surface area contributed by atoms with Gasteiger partial charge in [0.25, 0.3) is 0 Å². The summed E-state index contributed by atoms with van der Waals surface area (Å²) >= 11 is 1.88. The number of aromatic nitrogens is 2. The standard InChI is InChI=1S/C23H34N4OS/c1-14(2)12-19(28)26-8-10-27(11-9-26)22-20-17-7-6-16(5)13-18(17)29-23(20)25-21(24-22)15(3)4/h14-16H,6-13H2,1-5H3. The fraction of sp³-hybridized carbons (Fsp3) is 0.696. The van der Waals surface area contributed by atoms with Crippen LogP contribution in [0, 0.1) is 11.8 Å². The van der Waals surface area contributed by atoms with Crippen LogP contribution < -0.4 is 4.90 Å². The second kappa shape index (κ2) is 8.21. The summed E-state index contributed by atoms with van der Waals surface area (Å²) in [6.45, 7) is 14.2. The summed E-state index contributed by atoms with van der Waals surface area (Å²) in [5, 5.41) is 1.29. The molecule has 1 unspecified atom stereocenters. The van der Waals surface area contributed by atoms with E-state index in [1.807, 2.05) is 16.2 Å². The molecule has 4 rings (SSSR count). The lowest BCUT2D eigenvalue weighted by atomic mass is 9.89. The highest BCUT2D eigenvalue weighted by Gasteiger charge is 2.29. The Labute approximate surface area is 178 Å². The summed E-state index contributed by atoms with van der Waals surface area (Å²) in [6, 6.07) is 0. The highest BCUT2D eigenvalue weighted by molar-refractivity contribution is 7.19. The van der Waals surface area contributed by atoms with Crippen molar-refractivity contribution in [1.29, 1.82) is 0 Å². The van der Waals surface area contributed by atoms with E-state index in [0.29, 0.717) is 18.3 Å². The van der Waals surface area contributed by atoms with Gasteiger partial charge in [-0.3, -0.25) is 4.79 Å². The van der Waals surface area contributed by atoms with Crippen molar-refractivity contribution in [3.8, 4) is 0 Å². The molecule has 158 valence electrons. The molecule has 1 amide bonds. The third-order valence-electron chi connectivity index (χ3n) is 6.18. The number of fused-ring (bicyclic) bond motifs is 3. The summed E-state index contributed by atoms with van der Waals surface area (Å²) in [6.07, 6.45) is 4.21. The number of amides is 1. The molecule has 0 radical (unpaired) electrons. The fourth-order valence-corrected chi connectivity index (χ4v) is 5.86. The lowest BCUT2D eigenvalue weighted by Crippen LogP contribution is -2.49. The van der Waals surface area contributed by atoms with Gasteiger partial charge in [0.2, 0.25) is 5.91 Å². The van der Waals surface area contributed by atoms with E-state index in [4.69, 9.17) is 9.97 Å². The van der Waals surface area contributed by atoms with E-state index in [9.17, 15) is 4.79 Å². The average molecular weight is 415 g/mol. The number of hydrogen-bond donors (Lipinski definition) is 0. The fourth-order valence-electron chi connectivity index (χ4n) is 4.47. The molecule has 1 saturated heterocycles. The van der Waals surface area contributed by atoms with Crippen molar-refractivity contribution in [3.63, 3.8) is 0 Å². The first kappa shape index (κ1) is 20.6. The minimum absolute atomic E-state index is 0.289. The third kappa shape index (κ3) is 4.14. The molecular formula is C23H34N4OS. The maximum Gasteiger partial charge on any atom is 0.222 e. The molecule has 2 aromatic rings. The second-order valence-electron chi connectivity index (χ2n) is 9.56. The Bertz CT molecular complexity index is 896. The zero-order chi connectivity index (χ0) is 20.7. The minimum Gasteiger partial charge on any atom is -0.352 e. The summed E-state index contributed by atoms with van der Waals surface area (Å²) < 4.78 is 0. The monoisotopic (exact) mass is 414 g/mol. The molecule has 0 aromatic carbocycles. The number of carbonyl (C=O) groups is 1. The normalized spacial score (nSPS) is 20.0. The van der Waals surface area contributed by atoms with Crippen molar-refractivity contribution in [2.75, 3.05) is 31.1 Å². The number of thiophene rings is 1. The number of piperazine rings is 1. The highest BCUT2D eigenvalue weighted by atomic mass is 32.1. The maximum atomic E-state index is 12.5. The van der Waals surface area contributed by atoms with Gasteiger partial charge in [0.15, 0.2) is 0 Å².